The van der Waals surface area contributed by atoms with E-state index in [-0.39, 0.29) is 0 Å². The van der Waals surface area contributed by atoms with E-state index in [9.17, 15) is 4.39 Å². The van der Waals surface area contributed by atoms with E-state index in [1.165, 1.54) is 82.9 Å². The fourth-order valence-corrected chi connectivity index (χ4v) is 4.81. The summed E-state index contributed by atoms with van der Waals surface area (Å²) in [6, 6.07) is 3.11. The van der Waals surface area contributed by atoms with Gasteiger partial charge in [-0.2, -0.15) is 4.39 Å². The van der Waals surface area contributed by atoms with Crippen molar-refractivity contribution in [2.45, 2.75) is 77.6 Å². The standard InChI is InChI=1S/C23H32FN/c1-2-3-4-18-7-12-21(13-8-18)22-14-9-19(10-15-22)5-6-20-11-16-23(24)25-17-20/h11,16-19,21-22H,2-4,7-10,12-15H2,1H3/t18-,19?,21-,22?. The molecular formula is C23H32FN. The average molecular weight is 342 g/mol. The van der Waals surface area contributed by atoms with E-state index in [4.69, 9.17) is 0 Å². The highest BCUT2D eigenvalue weighted by Gasteiger charge is 2.30. The summed E-state index contributed by atoms with van der Waals surface area (Å²) in [5, 5.41) is 0. The first-order chi connectivity index (χ1) is 12.2. The zero-order chi connectivity index (χ0) is 17.5. The van der Waals surface area contributed by atoms with Gasteiger partial charge in [-0.05, 0) is 68.4 Å². The van der Waals surface area contributed by atoms with E-state index in [0.29, 0.717) is 5.92 Å². The summed E-state index contributed by atoms with van der Waals surface area (Å²) in [5.41, 5.74) is 0.828. The van der Waals surface area contributed by atoms with Gasteiger partial charge in [0, 0.05) is 17.7 Å². The lowest BCUT2D eigenvalue weighted by atomic mass is 9.69. The minimum atomic E-state index is -0.435. The molecule has 0 unspecified atom stereocenters. The lowest BCUT2D eigenvalue weighted by Gasteiger charge is -2.37. The van der Waals surface area contributed by atoms with Gasteiger partial charge >= 0.3 is 0 Å². The number of hydrogen-bond donors (Lipinski definition) is 0. The van der Waals surface area contributed by atoms with Gasteiger partial charge in [0.05, 0.1) is 0 Å². The monoisotopic (exact) mass is 341 g/mol. The molecule has 2 aliphatic carbocycles. The molecule has 0 N–H and O–H groups in total. The normalized spacial score (nSPS) is 29.7. The molecule has 2 aliphatic rings. The quantitative estimate of drug-likeness (QED) is 0.457. The third-order valence-corrected chi connectivity index (χ3v) is 6.44. The second kappa shape index (κ2) is 9.37. The van der Waals surface area contributed by atoms with Crippen LogP contribution in [0.1, 0.15) is 83.1 Å². The van der Waals surface area contributed by atoms with Gasteiger partial charge in [0.25, 0.3) is 0 Å². The summed E-state index contributed by atoms with van der Waals surface area (Å²) in [6.45, 7) is 2.31. The number of unbranched alkanes of at least 4 members (excludes halogenated alkanes) is 1. The molecule has 0 amide bonds. The van der Waals surface area contributed by atoms with Crippen molar-refractivity contribution in [1.29, 1.82) is 0 Å². The smallest absolute Gasteiger partial charge is 0.212 e. The molecule has 0 aromatic carbocycles. The van der Waals surface area contributed by atoms with Crippen molar-refractivity contribution in [3.63, 3.8) is 0 Å². The number of rotatable bonds is 4. The van der Waals surface area contributed by atoms with Crippen molar-refractivity contribution >= 4 is 0 Å². The Morgan fingerprint density at radius 3 is 2.28 bits per heavy atom. The van der Waals surface area contributed by atoms with Gasteiger partial charge in [0.2, 0.25) is 5.95 Å². The van der Waals surface area contributed by atoms with Crippen LogP contribution in [0.3, 0.4) is 0 Å². The molecule has 0 aliphatic heterocycles. The Morgan fingerprint density at radius 2 is 1.68 bits per heavy atom. The summed E-state index contributed by atoms with van der Waals surface area (Å²) in [5.74, 6) is 9.60. The third kappa shape index (κ3) is 5.56. The molecule has 0 bridgehead atoms. The van der Waals surface area contributed by atoms with Crippen LogP contribution in [0.25, 0.3) is 0 Å². The maximum Gasteiger partial charge on any atom is 0.212 e. The van der Waals surface area contributed by atoms with Crippen molar-refractivity contribution in [2.24, 2.45) is 23.7 Å². The molecule has 1 aromatic heterocycles. The highest BCUT2D eigenvalue weighted by molar-refractivity contribution is 5.32. The predicted octanol–water partition coefficient (Wildman–Crippen LogP) is 6.38. The van der Waals surface area contributed by atoms with Gasteiger partial charge in [-0.1, -0.05) is 50.9 Å². The van der Waals surface area contributed by atoms with Crippen LogP contribution in [-0.4, -0.2) is 4.98 Å². The first-order valence-electron chi connectivity index (χ1n) is 10.4. The molecule has 2 heteroatoms. The van der Waals surface area contributed by atoms with Crippen LogP contribution < -0.4 is 0 Å². The molecule has 0 radical (unpaired) electrons. The van der Waals surface area contributed by atoms with E-state index in [0.717, 1.165) is 23.3 Å². The minimum Gasteiger partial charge on any atom is -0.227 e. The number of nitrogens with zero attached hydrogens (tertiary/aromatic N) is 1. The Kier molecular flexibility index (Phi) is 6.91. The molecule has 3 rings (SSSR count). The molecule has 0 spiro atoms. The van der Waals surface area contributed by atoms with E-state index in [1.54, 1.807) is 6.07 Å². The second-order valence-electron chi connectivity index (χ2n) is 8.17. The van der Waals surface area contributed by atoms with Crippen LogP contribution in [-0.2, 0) is 0 Å². The Bertz CT molecular complexity index is 566. The summed E-state index contributed by atoms with van der Waals surface area (Å²) in [7, 11) is 0. The van der Waals surface area contributed by atoms with Crippen molar-refractivity contribution in [2.75, 3.05) is 0 Å². The van der Waals surface area contributed by atoms with Crippen LogP contribution in [0.5, 0.6) is 0 Å². The van der Waals surface area contributed by atoms with Gasteiger partial charge in [-0.25, -0.2) is 4.98 Å². The first-order valence-corrected chi connectivity index (χ1v) is 10.4. The van der Waals surface area contributed by atoms with Crippen LogP contribution in [0.4, 0.5) is 4.39 Å². The Hall–Kier alpha value is -1.36. The number of halogens is 1. The summed E-state index contributed by atoms with van der Waals surface area (Å²) in [6.07, 6.45) is 16.8. The van der Waals surface area contributed by atoms with Crippen molar-refractivity contribution in [1.82, 2.24) is 4.98 Å². The Balaban J connectivity index is 1.41. The van der Waals surface area contributed by atoms with Crippen LogP contribution in [0.15, 0.2) is 18.3 Å². The molecule has 0 atom stereocenters. The molecule has 136 valence electrons. The SMILES string of the molecule is CCCC[C@H]1CC[C@H](C2CCC(C#Cc3ccc(F)nc3)CC2)CC1. The zero-order valence-electron chi connectivity index (χ0n) is 15.6. The van der Waals surface area contributed by atoms with Crippen LogP contribution in [0.2, 0.25) is 0 Å². The molecule has 1 aromatic rings. The van der Waals surface area contributed by atoms with Crippen molar-refractivity contribution in [3.8, 4) is 11.8 Å². The number of pyridine rings is 1. The first kappa shape index (κ1) is 18.4. The maximum atomic E-state index is 12.8. The maximum absolute atomic E-state index is 12.8. The number of hydrogen-bond acceptors (Lipinski definition) is 1. The Labute approximate surface area is 152 Å². The topological polar surface area (TPSA) is 12.9 Å². The second-order valence-corrected chi connectivity index (χ2v) is 8.17. The van der Waals surface area contributed by atoms with Gasteiger partial charge in [-0.3, -0.25) is 0 Å². The minimum absolute atomic E-state index is 0.435. The lowest BCUT2D eigenvalue weighted by molar-refractivity contribution is 0.153. The molecule has 2 fully saturated rings. The predicted molar refractivity (Wildman–Crippen MR) is 101 cm³/mol. The largest absolute Gasteiger partial charge is 0.227 e. The van der Waals surface area contributed by atoms with E-state index in [1.807, 2.05) is 0 Å². The van der Waals surface area contributed by atoms with Crippen LogP contribution >= 0.6 is 0 Å². The number of aromatic nitrogens is 1. The third-order valence-electron chi connectivity index (χ3n) is 6.44. The summed E-state index contributed by atoms with van der Waals surface area (Å²) < 4.78 is 12.8. The van der Waals surface area contributed by atoms with E-state index >= 15 is 0 Å². The van der Waals surface area contributed by atoms with Gasteiger partial charge in [-0.15, -0.1) is 0 Å². The van der Waals surface area contributed by atoms with E-state index in [2.05, 4.69) is 23.7 Å². The molecule has 2 saturated carbocycles. The lowest BCUT2D eigenvalue weighted by Crippen LogP contribution is -2.25. The molecular weight excluding hydrogens is 309 g/mol. The zero-order valence-corrected chi connectivity index (χ0v) is 15.6. The van der Waals surface area contributed by atoms with Gasteiger partial charge < -0.3 is 0 Å². The van der Waals surface area contributed by atoms with Crippen molar-refractivity contribution < 1.29 is 4.39 Å². The average Bonchev–Trinajstić information content (AvgIpc) is 2.67. The highest BCUT2D eigenvalue weighted by atomic mass is 19.1. The molecule has 1 nitrogen and oxygen atoms in total. The summed E-state index contributed by atoms with van der Waals surface area (Å²) >= 11 is 0. The van der Waals surface area contributed by atoms with E-state index < -0.39 is 5.95 Å². The van der Waals surface area contributed by atoms with Crippen molar-refractivity contribution in [3.05, 3.63) is 29.8 Å². The molecule has 1 heterocycles. The van der Waals surface area contributed by atoms with Gasteiger partial charge in [0.1, 0.15) is 0 Å². The molecule has 25 heavy (non-hydrogen) atoms. The fourth-order valence-electron chi connectivity index (χ4n) is 4.81. The van der Waals surface area contributed by atoms with Crippen LogP contribution in [0, 0.1) is 41.5 Å². The fraction of sp³-hybridized carbons (Fsp3) is 0.696. The summed E-state index contributed by atoms with van der Waals surface area (Å²) in [4.78, 5) is 3.67. The molecule has 0 saturated heterocycles. The highest BCUT2D eigenvalue weighted by Crippen LogP contribution is 2.42. The van der Waals surface area contributed by atoms with Gasteiger partial charge in [0.15, 0.2) is 0 Å². The Morgan fingerprint density at radius 1 is 1.00 bits per heavy atom.